The summed E-state index contributed by atoms with van der Waals surface area (Å²) >= 11 is 0. The molecule has 2 heteroatoms. The maximum absolute atomic E-state index is 2.40. The molecule has 0 bridgehead atoms. The van der Waals surface area contributed by atoms with Gasteiger partial charge in [-0.3, -0.25) is 0 Å². The normalized spacial score (nSPS) is 12.8. The Kier molecular flexibility index (Phi) is 7.13. The number of hydrogen-bond donors (Lipinski definition) is 0. The molecule has 0 aromatic heterocycles. The highest BCUT2D eigenvalue weighted by Crippen LogP contribution is 2.35. The predicted octanol–water partition coefficient (Wildman–Crippen LogP) is 9.42. The van der Waals surface area contributed by atoms with Gasteiger partial charge in [-0.2, -0.15) is 0 Å². The van der Waals surface area contributed by atoms with Crippen molar-refractivity contribution >= 4 is 72.4 Å². The molecule has 0 nitrogen and oxygen atoms in total. The van der Waals surface area contributed by atoms with E-state index in [1.54, 1.807) is 0 Å². The van der Waals surface area contributed by atoms with E-state index in [4.69, 9.17) is 0 Å². The van der Waals surface area contributed by atoms with Gasteiger partial charge in [-0.1, -0.05) is 171 Å². The summed E-state index contributed by atoms with van der Waals surface area (Å²) in [5.74, 6) is 0. The molecule has 0 aliphatic heterocycles. The molecular formula is C36H38Si2. The summed E-state index contributed by atoms with van der Waals surface area (Å²) in [6, 6.07) is 35.9. The number of hydrogen-bond acceptors (Lipinski definition) is 0. The van der Waals surface area contributed by atoms with Crippen LogP contribution in [-0.4, -0.2) is 16.1 Å². The van der Waals surface area contributed by atoms with E-state index in [9.17, 15) is 0 Å². The summed E-state index contributed by atoms with van der Waals surface area (Å²) in [5, 5.41) is 8.14. The summed E-state index contributed by atoms with van der Waals surface area (Å²) in [7, 11) is -2.59. The molecule has 0 aliphatic carbocycles. The third-order valence-electron chi connectivity index (χ3n) is 7.45. The minimum Gasteiger partial charge on any atom is -0.0656 e. The second-order valence-corrected chi connectivity index (χ2v) is 22.5. The minimum atomic E-state index is -1.29. The van der Waals surface area contributed by atoms with E-state index in [-0.39, 0.29) is 0 Å². The standard InChI is InChI=1S/C36H38Si2/c1-37(2,3)29-21-15-27(16-22-29)19-25-35-31-11-7-9-13-33(31)36(34-14-10-8-12-32(34)35)26-20-28-17-23-30(24-18-28)38(4,5)6/h7-26H,1-6H3/b25-19+,26-20+. The average Bonchev–Trinajstić information content (AvgIpc) is 2.90. The van der Waals surface area contributed by atoms with Crippen LogP contribution >= 0.6 is 0 Å². The predicted molar refractivity (Wildman–Crippen MR) is 178 cm³/mol. The van der Waals surface area contributed by atoms with Crippen molar-refractivity contribution < 1.29 is 0 Å². The summed E-state index contributed by atoms with van der Waals surface area (Å²) < 4.78 is 0. The summed E-state index contributed by atoms with van der Waals surface area (Å²) in [4.78, 5) is 0. The highest BCUT2D eigenvalue weighted by Gasteiger charge is 2.16. The van der Waals surface area contributed by atoms with E-state index < -0.39 is 16.1 Å². The van der Waals surface area contributed by atoms with Crippen molar-refractivity contribution in [2.45, 2.75) is 39.3 Å². The van der Waals surface area contributed by atoms with Gasteiger partial charge >= 0.3 is 0 Å². The molecule has 0 radical (unpaired) electrons. The Balaban J connectivity index is 1.59. The van der Waals surface area contributed by atoms with Crippen molar-refractivity contribution in [3.8, 4) is 0 Å². The second kappa shape index (κ2) is 10.4. The van der Waals surface area contributed by atoms with E-state index in [1.807, 2.05) is 0 Å². The fraction of sp³-hybridized carbons (Fsp3) is 0.167. The van der Waals surface area contributed by atoms with Gasteiger partial charge in [-0.05, 0) is 43.8 Å². The van der Waals surface area contributed by atoms with Gasteiger partial charge in [0.2, 0.25) is 0 Å². The molecule has 0 amide bonds. The lowest BCUT2D eigenvalue weighted by molar-refractivity contribution is 1.65. The summed E-state index contributed by atoms with van der Waals surface area (Å²) in [5.41, 5.74) is 5.04. The van der Waals surface area contributed by atoms with Gasteiger partial charge in [0.15, 0.2) is 0 Å². The zero-order valence-corrected chi connectivity index (χ0v) is 25.5. The van der Waals surface area contributed by atoms with Gasteiger partial charge in [0.1, 0.15) is 0 Å². The van der Waals surface area contributed by atoms with Crippen LogP contribution in [0.5, 0.6) is 0 Å². The Hall–Kier alpha value is -3.47. The molecule has 0 saturated heterocycles. The molecule has 5 rings (SSSR count). The zero-order valence-electron chi connectivity index (χ0n) is 23.5. The Morgan fingerprint density at radius 2 is 0.658 bits per heavy atom. The molecule has 0 fully saturated rings. The average molecular weight is 527 g/mol. The topological polar surface area (TPSA) is 0 Å². The molecular weight excluding hydrogens is 489 g/mol. The van der Waals surface area contributed by atoms with E-state index >= 15 is 0 Å². The Labute approximate surface area is 230 Å². The third-order valence-corrected chi connectivity index (χ3v) is 11.6. The highest BCUT2D eigenvalue weighted by molar-refractivity contribution is 6.89. The SMILES string of the molecule is C[Si](C)(C)c1ccc(/C=C/c2c3ccccc3c(/C=C/c3ccc([Si](C)(C)C)cc3)c3ccccc23)cc1. The Morgan fingerprint density at radius 1 is 0.368 bits per heavy atom. The van der Waals surface area contributed by atoms with E-state index in [1.165, 1.54) is 54.2 Å². The van der Waals surface area contributed by atoms with Crippen LogP contribution in [0.3, 0.4) is 0 Å². The molecule has 0 spiro atoms. The first kappa shape index (κ1) is 26.2. The molecule has 38 heavy (non-hydrogen) atoms. The van der Waals surface area contributed by atoms with Crippen molar-refractivity contribution in [1.82, 2.24) is 0 Å². The van der Waals surface area contributed by atoms with Crippen LogP contribution in [0.25, 0.3) is 45.8 Å². The van der Waals surface area contributed by atoms with Crippen LogP contribution in [0, 0.1) is 0 Å². The molecule has 0 unspecified atom stereocenters. The van der Waals surface area contributed by atoms with Gasteiger partial charge in [-0.25, -0.2) is 0 Å². The number of rotatable bonds is 6. The van der Waals surface area contributed by atoms with Gasteiger partial charge < -0.3 is 0 Å². The third kappa shape index (κ3) is 5.52. The van der Waals surface area contributed by atoms with Gasteiger partial charge in [0.05, 0.1) is 16.1 Å². The maximum atomic E-state index is 2.40. The highest BCUT2D eigenvalue weighted by atomic mass is 28.3. The fourth-order valence-electron chi connectivity index (χ4n) is 5.10. The molecule has 0 aliphatic rings. The molecule has 190 valence electrons. The van der Waals surface area contributed by atoms with Crippen molar-refractivity contribution in [2.24, 2.45) is 0 Å². The van der Waals surface area contributed by atoms with Gasteiger partial charge in [-0.15, -0.1) is 0 Å². The monoisotopic (exact) mass is 526 g/mol. The Morgan fingerprint density at radius 3 is 0.921 bits per heavy atom. The van der Waals surface area contributed by atoms with Crippen molar-refractivity contribution in [3.63, 3.8) is 0 Å². The Bertz CT molecular complexity index is 1460. The smallest absolute Gasteiger partial charge is 0.0656 e. The summed E-state index contributed by atoms with van der Waals surface area (Å²) in [6.45, 7) is 14.4. The van der Waals surface area contributed by atoms with Crippen LogP contribution in [0.15, 0.2) is 97.1 Å². The van der Waals surface area contributed by atoms with Crippen LogP contribution in [0.4, 0.5) is 0 Å². The number of benzene rings is 5. The van der Waals surface area contributed by atoms with E-state index in [2.05, 4.69) is 161 Å². The maximum Gasteiger partial charge on any atom is 0.0775 e. The lowest BCUT2D eigenvalue weighted by Gasteiger charge is -2.16. The first-order chi connectivity index (χ1) is 18.1. The van der Waals surface area contributed by atoms with Crippen LogP contribution < -0.4 is 10.4 Å². The van der Waals surface area contributed by atoms with Gasteiger partial charge in [0.25, 0.3) is 0 Å². The first-order valence-electron chi connectivity index (χ1n) is 13.6. The van der Waals surface area contributed by atoms with Crippen molar-refractivity contribution in [1.29, 1.82) is 0 Å². The van der Waals surface area contributed by atoms with Crippen molar-refractivity contribution in [2.75, 3.05) is 0 Å². The van der Waals surface area contributed by atoms with Gasteiger partial charge in [0, 0.05) is 0 Å². The van der Waals surface area contributed by atoms with Crippen molar-refractivity contribution in [3.05, 3.63) is 119 Å². The fourth-order valence-corrected chi connectivity index (χ4v) is 7.44. The van der Waals surface area contributed by atoms with E-state index in [0.29, 0.717) is 0 Å². The molecule has 5 aromatic carbocycles. The first-order valence-corrected chi connectivity index (χ1v) is 20.6. The summed E-state index contributed by atoms with van der Waals surface area (Å²) in [6.07, 6.45) is 9.13. The second-order valence-electron chi connectivity index (χ2n) is 12.3. The minimum absolute atomic E-state index is 1.24. The lowest BCUT2D eigenvalue weighted by Crippen LogP contribution is -2.37. The molecule has 5 aromatic rings. The molecule has 0 atom stereocenters. The van der Waals surface area contributed by atoms with Crippen LogP contribution in [0.1, 0.15) is 22.3 Å². The van der Waals surface area contributed by atoms with E-state index in [0.717, 1.165) is 0 Å². The molecule has 0 saturated carbocycles. The van der Waals surface area contributed by atoms with Crippen LogP contribution in [-0.2, 0) is 0 Å². The zero-order chi connectivity index (χ0) is 26.9. The quantitative estimate of drug-likeness (QED) is 0.117. The number of fused-ring (bicyclic) bond motifs is 2. The van der Waals surface area contributed by atoms with Crippen LogP contribution in [0.2, 0.25) is 39.3 Å². The lowest BCUT2D eigenvalue weighted by atomic mass is 9.91. The largest absolute Gasteiger partial charge is 0.0775 e. The molecule has 0 heterocycles. The molecule has 0 N–H and O–H groups in total.